The van der Waals surface area contributed by atoms with Gasteiger partial charge in [0.2, 0.25) is 11.8 Å². The molecular formula is C25H32N4O5. The van der Waals surface area contributed by atoms with Crippen molar-refractivity contribution in [1.82, 2.24) is 9.80 Å². The zero-order valence-electron chi connectivity index (χ0n) is 19.8. The summed E-state index contributed by atoms with van der Waals surface area (Å²) in [5.41, 5.74) is 2.35. The van der Waals surface area contributed by atoms with Crippen molar-refractivity contribution in [1.29, 1.82) is 0 Å². The van der Waals surface area contributed by atoms with Crippen molar-refractivity contribution in [2.45, 2.75) is 32.6 Å². The molecule has 1 saturated heterocycles. The normalized spacial score (nSPS) is 14.4. The number of nitrogens with zero attached hydrogens (tertiary/aromatic N) is 3. The number of carbonyl (C=O) groups excluding carboxylic acids is 2. The number of aryl methyl sites for hydroxylation is 2. The van der Waals surface area contributed by atoms with Gasteiger partial charge in [0.05, 0.1) is 12.0 Å². The molecule has 0 unspecified atom stereocenters. The van der Waals surface area contributed by atoms with Crippen LogP contribution in [0.3, 0.4) is 0 Å². The minimum atomic E-state index is -0.453. The van der Waals surface area contributed by atoms with Crippen molar-refractivity contribution < 1.29 is 19.2 Å². The lowest BCUT2D eigenvalue weighted by molar-refractivity contribution is -0.384. The van der Waals surface area contributed by atoms with E-state index in [9.17, 15) is 19.7 Å². The van der Waals surface area contributed by atoms with E-state index in [0.717, 1.165) is 37.4 Å². The number of hydrogen-bond donors (Lipinski definition) is 1. The maximum absolute atomic E-state index is 12.7. The molecule has 0 atom stereocenters. The number of hydrogen-bond acceptors (Lipinski definition) is 6. The first-order valence-electron chi connectivity index (χ1n) is 11.5. The molecule has 9 nitrogen and oxygen atoms in total. The molecule has 9 heteroatoms. The van der Waals surface area contributed by atoms with Crippen LogP contribution in [-0.4, -0.2) is 66.4 Å². The van der Waals surface area contributed by atoms with Crippen LogP contribution in [0, 0.1) is 17.0 Å². The average Bonchev–Trinajstić information content (AvgIpc) is 3.08. The summed E-state index contributed by atoms with van der Waals surface area (Å²) in [4.78, 5) is 39.6. The van der Waals surface area contributed by atoms with E-state index in [1.54, 1.807) is 20.1 Å². The molecule has 1 N–H and O–H groups in total. The first kappa shape index (κ1) is 25.2. The van der Waals surface area contributed by atoms with Gasteiger partial charge in [-0.3, -0.25) is 19.7 Å². The monoisotopic (exact) mass is 468 g/mol. The fourth-order valence-electron chi connectivity index (χ4n) is 4.02. The fourth-order valence-corrected chi connectivity index (χ4v) is 4.02. The maximum atomic E-state index is 12.7. The largest absolute Gasteiger partial charge is 0.497 e. The van der Waals surface area contributed by atoms with Gasteiger partial charge < -0.3 is 19.9 Å². The van der Waals surface area contributed by atoms with Gasteiger partial charge in [-0.2, -0.15) is 0 Å². The van der Waals surface area contributed by atoms with E-state index in [4.69, 9.17) is 4.74 Å². The highest BCUT2D eigenvalue weighted by molar-refractivity contribution is 5.91. The van der Waals surface area contributed by atoms with Crippen LogP contribution in [0.5, 0.6) is 5.75 Å². The van der Waals surface area contributed by atoms with E-state index in [0.29, 0.717) is 43.6 Å². The summed E-state index contributed by atoms with van der Waals surface area (Å²) in [6.07, 6.45) is 2.37. The lowest BCUT2D eigenvalue weighted by Crippen LogP contribution is -2.36. The first-order chi connectivity index (χ1) is 16.4. The third-order valence-corrected chi connectivity index (χ3v) is 6.08. The summed E-state index contributed by atoms with van der Waals surface area (Å²) < 4.78 is 5.17. The van der Waals surface area contributed by atoms with Crippen molar-refractivity contribution in [3.05, 3.63) is 63.7 Å². The molecule has 1 aliphatic rings. The molecule has 2 amide bonds. The number of anilines is 1. The summed E-state index contributed by atoms with van der Waals surface area (Å²) in [5, 5.41) is 13.7. The van der Waals surface area contributed by atoms with E-state index in [1.807, 2.05) is 29.2 Å². The van der Waals surface area contributed by atoms with Crippen LogP contribution < -0.4 is 10.1 Å². The van der Waals surface area contributed by atoms with Crippen molar-refractivity contribution in [2.75, 3.05) is 45.2 Å². The Morgan fingerprint density at radius 2 is 1.82 bits per heavy atom. The lowest BCUT2D eigenvalue weighted by Gasteiger charge is -2.22. The van der Waals surface area contributed by atoms with Gasteiger partial charge in [-0.05, 0) is 55.6 Å². The highest BCUT2D eigenvalue weighted by atomic mass is 16.6. The van der Waals surface area contributed by atoms with Gasteiger partial charge in [-0.15, -0.1) is 0 Å². The second kappa shape index (κ2) is 12.1. The number of benzene rings is 2. The molecule has 0 saturated carbocycles. The molecule has 0 spiro atoms. The number of non-ortho nitro benzene ring substituents is 1. The molecule has 0 radical (unpaired) electrons. The molecular weight excluding hydrogens is 436 g/mol. The second-order valence-corrected chi connectivity index (χ2v) is 8.48. The highest BCUT2D eigenvalue weighted by Crippen LogP contribution is 2.21. The Balaban J connectivity index is 1.41. The summed E-state index contributed by atoms with van der Waals surface area (Å²) in [5.74, 6) is 0.830. The summed E-state index contributed by atoms with van der Waals surface area (Å²) in [6.45, 7) is 5.30. The van der Waals surface area contributed by atoms with Gasteiger partial charge in [-0.25, -0.2) is 0 Å². The first-order valence-corrected chi connectivity index (χ1v) is 11.5. The number of methoxy groups -OCH3 is 1. The molecule has 0 bridgehead atoms. The van der Waals surface area contributed by atoms with E-state index < -0.39 is 4.92 Å². The Morgan fingerprint density at radius 3 is 2.50 bits per heavy atom. The number of amides is 2. The van der Waals surface area contributed by atoms with Gasteiger partial charge in [0, 0.05) is 56.8 Å². The quantitative estimate of drug-likeness (QED) is 0.447. The predicted molar refractivity (Wildman–Crippen MR) is 130 cm³/mol. The standard InChI is InChI=1S/C25H32N4O5/c1-19-18-21(29(32)33)7-10-23(19)26-24(30)12-15-27-13-3-14-28(17-16-27)25(31)11-6-20-4-8-22(34-2)9-5-20/h4-5,7-10,18H,3,6,11-17H2,1-2H3,(H,26,30). The lowest BCUT2D eigenvalue weighted by atomic mass is 10.1. The summed E-state index contributed by atoms with van der Waals surface area (Å²) >= 11 is 0. The van der Waals surface area contributed by atoms with E-state index in [-0.39, 0.29) is 17.5 Å². The number of rotatable bonds is 9. The second-order valence-electron chi connectivity index (χ2n) is 8.48. The minimum Gasteiger partial charge on any atom is -0.497 e. The maximum Gasteiger partial charge on any atom is 0.269 e. The topological polar surface area (TPSA) is 105 Å². The molecule has 1 heterocycles. The molecule has 2 aromatic rings. The van der Waals surface area contributed by atoms with E-state index in [1.165, 1.54) is 12.1 Å². The highest BCUT2D eigenvalue weighted by Gasteiger charge is 2.19. The molecule has 34 heavy (non-hydrogen) atoms. The van der Waals surface area contributed by atoms with Crippen LogP contribution in [0.2, 0.25) is 0 Å². The van der Waals surface area contributed by atoms with E-state index >= 15 is 0 Å². The Bertz CT molecular complexity index is 1010. The number of carbonyl (C=O) groups is 2. The molecule has 3 rings (SSSR count). The molecule has 1 aliphatic heterocycles. The Labute approximate surface area is 199 Å². The zero-order valence-corrected chi connectivity index (χ0v) is 19.8. The number of ether oxygens (including phenoxy) is 1. The summed E-state index contributed by atoms with van der Waals surface area (Å²) in [6, 6.07) is 12.2. The van der Waals surface area contributed by atoms with Gasteiger partial charge in [0.25, 0.3) is 5.69 Å². The summed E-state index contributed by atoms with van der Waals surface area (Å²) in [7, 11) is 1.63. The average molecular weight is 469 g/mol. The smallest absolute Gasteiger partial charge is 0.269 e. The van der Waals surface area contributed by atoms with Crippen LogP contribution in [0.1, 0.15) is 30.4 Å². The number of nitro benzene ring substituents is 1. The van der Waals surface area contributed by atoms with E-state index in [2.05, 4.69) is 10.2 Å². The third kappa shape index (κ3) is 7.28. The number of nitro groups is 1. The Kier molecular flexibility index (Phi) is 8.98. The molecule has 2 aromatic carbocycles. The minimum absolute atomic E-state index is 0.00293. The predicted octanol–water partition coefficient (Wildman–Crippen LogP) is 3.41. The molecule has 0 aromatic heterocycles. The molecule has 182 valence electrons. The van der Waals surface area contributed by atoms with Gasteiger partial charge in [0.1, 0.15) is 5.75 Å². The van der Waals surface area contributed by atoms with Crippen molar-refractivity contribution in [2.24, 2.45) is 0 Å². The fraction of sp³-hybridized carbons (Fsp3) is 0.440. The van der Waals surface area contributed by atoms with Crippen LogP contribution in [0.4, 0.5) is 11.4 Å². The Hall–Kier alpha value is -3.46. The Morgan fingerprint density at radius 1 is 1.06 bits per heavy atom. The van der Waals surface area contributed by atoms with Gasteiger partial charge in [0.15, 0.2) is 0 Å². The third-order valence-electron chi connectivity index (χ3n) is 6.08. The van der Waals surface area contributed by atoms with Crippen molar-refractivity contribution in [3.8, 4) is 5.75 Å². The van der Waals surface area contributed by atoms with Crippen molar-refractivity contribution in [3.63, 3.8) is 0 Å². The van der Waals surface area contributed by atoms with Crippen LogP contribution >= 0.6 is 0 Å². The molecule has 0 aliphatic carbocycles. The SMILES string of the molecule is COc1ccc(CCC(=O)N2CCCN(CCC(=O)Nc3ccc([N+](=O)[O-])cc3C)CC2)cc1. The van der Waals surface area contributed by atoms with Crippen molar-refractivity contribution >= 4 is 23.2 Å². The zero-order chi connectivity index (χ0) is 24.5. The van der Waals surface area contributed by atoms with Crippen LogP contribution in [-0.2, 0) is 16.0 Å². The van der Waals surface area contributed by atoms with Crippen LogP contribution in [0.15, 0.2) is 42.5 Å². The number of nitrogens with one attached hydrogen (secondary N) is 1. The van der Waals surface area contributed by atoms with Gasteiger partial charge in [-0.1, -0.05) is 12.1 Å². The molecule has 1 fully saturated rings. The van der Waals surface area contributed by atoms with Crippen LogP contribution in [0.25, 0.3) is 0 Å². The van der Waals surface area contributed by atoms with Gasteiger partial charge >= 0.3 is 0 Å².